The van der Waals surface area contributed by atoms with Crippen molar-refractivity contribution in [2.45, 2.75) is 25.4 Å². The highest BCUT2D eigenvalue weighted by atomic mass is 19.4. The lowest BCUT2D eigenvalue weighted by Gasteiger charge is -2.43. The van der Waals surface area contributed by atoms with E-state index in [1.165, 1.54) is 12.1 Å². The fraction of sp³-hybridized carbons (Fsp3) is 0.462. The monoisotopic (exact) mass is 490 g/mol. The summed E-state index contributed by atoms with van der Waals surface area (Å²) in [6.45, 7) is 3.07. The number of hydrogen-bond donors (Lipinski definition) is 0. The molecule has 6 nitrogen and oxygen atoms in total. The van der Waals surface area contributed by atoms with Gasteiger partial charge in [-0.25, -0.2) is 0 Å². The van der Waals surface area contributed by atoms with Crippen LogP contribution in [0.5, 0.6) is 5.75 Å². The first-order valence-corrected chi connectivity index (χ1v) is 11.8. The summed E-state index contributed by atoms with van der Waals surface area (Å²) in [7, 11) is 0. The van der Waals surface area contributed by atoms with E-state index in [0.717, 1.165) is 12.1 Å². The largest absolute Gasteiger partial charge is 0.493 e. The van der Waals surface area contributed by atoms with Crippen molar-refractivity contribution < 1.29 is 32.2 Å². The van der Waals surface area contributed by atoms with Gasteiger partial charge in [-0.1, -0.05) is 18.2 Å². The molecule has 2 aromatic rings. The van der Waals surface area contributed by atoms with Crippen LogP contribution in [0.2, 0.25) is 0 Å². The smallest absolute Gasteiger partial charge is 0.416 e. The normalized spacial score (nSPS) is 21.0. The fourth-order valence-electron chi connectivity index (χ4n) is 4.68. The second-order valence-corrected chi connectivity index (χ2v) is 9.18. The average Bonchev–Trinajstić information content (AvgIpc) is 2.88. The maximum atomic E-state index is 13.2. The molecule has 0 bridgehead atoms. The molecule has 0 spiro atoms. The molecule has 2 aliphatic heterocycles. The van der Waals surface area contributed by atoms with Crippen LogP contribution in [0, 0.1) is 5.41 Å². The molecule has 2 saturated heterocycles. The van der Waals surface area contributed by atoms with Crippen molar-refractivity contribution in [2.24, 2.45) is 5.41 Å². The number of ether oxygens (including phenoxy) is 2. The molecule has 1 atom stereocenters. The third-order valence-electron chi connectivity index (χ3n) is 6.59. The number of para-hydroxylation sites is 1. The third-order valence-corrected chi connectivity index (χ3v) is 6.59. The first-order valence-electron chi connectivity index (χ1n) is 11.8. The van der Waals surface area contributed by atoms with Crippen molar-refractivity contribution in [1.29, 1.82) is 0 Å². The number of hydrogen-bond acceptors (Lipinski definition) is 4. The Kier molecular flexibility index (Phi) is 7.64. The molecule has 2 amide bonds. The standard InChI is InChI=1S/C26H29F3N2O4/c27-26(28,29)21-9-7-20(8-10-21)24(33)31-12-4-11-25(18-31,19-35-22-5-2-1-3-6-22)17-23(32)30-13-15-34-16-14-30/h1-3,5-10H,4,11-19H2/t25-/m1/s1. The average molecular weight is 491 g/mol. The summed E-state index contributed by atoms with van der Waals surface area (Å²) in [6, 6.07) is 13.5. The number of halogens is 3. The van der Waals surface area contributed by atoms with Gasteiger partial charge in [0.25, 0.3) is 5.91 Å². The van der Waals surface area contributed by atoms with E-state index in [2.05, 4.69) is 0 Å². The van der Waals surface area contributed by atoms with E-state index in [1.54, 1.807) is 9.80 Å². The molecule has 9 heteroatoms. The molecule has 0 radical (unpaired) electrons. The lowest BCUT2D eigenvalue weighted by Crippen LogP contribution is -2.52. The van der Waals surface area contributed by atoms with Crippen LogP contribution in [0.4, 0.5) is 13.2 Å². The molecule has 35 heavy (non-hydrogen) atoms. The van der Waals surface area contributed by atoms with Crippen molar-refractivity contribution >= 4 is 11.8 Å². The number of nitrogens with zero attached hydrogens (tertiary/aromatic N) is 2. The maximum absolute atomic E-state index is 13.2. The molecule has 0 saturated carbocycles. The molecule has 2 heterocycles. The maximum Gasteiger partial charge on any atom is 0.416 e. The van der Waals surface area contributed by atoms with Crippen LogP contribution >= 0.6 is 0 Å². The molecule has 0 unspecified atom stereocenters. The number of amides is 2. The number of piperidine rings is 1. The molecular weight excluding hydrogens is 461 g/mol. The summed E-state index contributed by atoms with van der Waals surface area (Å²) in [6.07, 6.45) is -2.87. The Balaban J connectivity index is 1.51. The number of likely N-dealkylation sites (tertiary alicyclic amines) is 1. The predicted octanol–water partition coefficient (Wildman–Crippen LogP) is 4.26. The number of rotatable bonds is 6. The second kappa shape index (κ2) is 10.7. The zero-order chi connectivity index (χ0) is 24.9. The lowest BCUT2D eigenvalue weighted by molar-refractivity contribution is -0.139. The number of carbonyl (C=O) groups excluding carboxylic acids is 2. The Bertz CT molecular complexity index is 1010. The Morgan fingerprint density at radius 1 is 0.943 bits per heavy atom. The van der Waals surface area contributed by atoms with Gasteiger partial charge in [-0.3, -0.25) is 9.59 Å². The van der Waals surface area contributed by atoms with E-state index >= 15 is 0 Å². The highest BCUT2D eigenvalue weighted by molar-refractivity contribution is 5.94. The Labute approximate surface area is 202 Å². The third kappa shape index (κ3) is 6.33. The molecule has 0 N–H and O–H groups in total. The summed E-state index contributed by atoms with van der Waals surface area (Å²) in [5.74, 6) is 0.326. The lowest BCUT2D eigenvalue weighted by atomic mass is 9.77. The van der Waals surface area contributed by atoms with Gasteiger partial charge in [0.05, 0.1) is 25.4 Å². The van der Waals surface area contributed by atoms with Crippen LogP contribution in [-0.4, -0.2) is 67.6 Å². The number of carbonyl (C=O) groups is 2. The van der Waals surface area contributed by atoms with Crippen LogP contribution < -0.4 is 4.74 Å². The van der Waals surface area contributed by atoms with Crippen LogP contribution in [0.15, 0.2) is 54.6 Å². The minimum absolute atomic E-state index is 0.00575. The Morgan fingerprint density at radius 3 is 2.29 bits per heavy atom. The van der Waals surface area contributed by atoms with Gasteiger partial charge in [0, 0.05) is 43.6 Å². The summed E-state index contributed by atoms with van der Waals surface area (Å²) in [5.41, 5.74) is -1.21. The van der Waals surface area contributed by atoms with Crippen LogP contribution in [0.25, 0.3) is 0 Å². The van der Waals surface area contributed by atoms with E-state index < -0.39 is 17.2 Å². The van der Waals surface area contributed by atoms with Crippen LogP contribution in [0.3, 0.4) is 0 Å². The molecule has 2 aliphatic rings. The molecule has 4 rings (SSSR count). The van der Waals surface area contributed by atoms with E-state index in [0.29, 0.717) is 51.4 Å². The van der Waals surface area contributed by atoms with Crippen LogP contribution in [-0.2, 0) is 15.7 Å². The van der Waals surface area contributed by atoms with Crippen molar-refractivity contribution in [1.82, 2.24) is 9.80 Å². The first kappa shape index (κ1) is 25.0. The predicted molar refractivity (Wildman–Crippen MR) is 123 cm³/mol. The second-order valence-electron chi connectivity index (χ2n) is 9.18. The topological polar surface area (TPSA) is 59.1 Å². The van der Waals surface area contributed by atoms with Crippen molar-refractivity contribution in [2.75, 3.05) is 46.0 Å². The van der Waals surface area contributed by atoms with Gasteiger partial charge >= 0.3 is 6.18 Å². The van der Waals surface area contributed by atoms with Crippen molar-refractivity contribution in [3.05, 3.63) is 65.7 Å². The zero-order valence-electron chi connectivity index (χ0n) is 19.4. The van der Waals surface area contributed by atoms with Gasteiger partial charge in [0.1, 0.15) is 5.75 Å². The molecule has 0 aliphatic carbocycles. The first-order chi connectivity index (χ1) is 16.8. The van der Waals surface area contributed by atoms with Gasteiger partial charge in [-0.2, -0.15) is 13.2 Å². The van der Waals surface area contributed by atoms with E-state index in [4.69, 9.17) is 9.47 Å². The van der Waals surface area contributed by atoms with Gasteiger partial charge < -0.3 is 19.3 Å². The summed E-state index contributed by atoms with van der Waals surface area (Å²) in [4.78, 5) is 29.8. The van der Waals surface area contributed by atoms with Crippen molar-refractivity contribution in [3.63, 3.8) is 0 Å². The molecule has 2 aromatic carbocycles. The van der Waals surface area contributed by atoms with Gasteiger partial charge in [0.15, 0.2) is 0 Å². The summed E-state index contributed by atoms with van der Waals surface area (Å²) < 4.78 is 50.2. The molecular formula is C26H29F3N2O4. The van der Waals surface area contributed by atoms with Gasteiger partial charge in [0.2, 0.25) is 5.91 Å². The van der Waals surface area contributed by atoms with Gasteiger partial charge in [-0.15, -0.1) is 0 Å². The highest BCUT2D eigenvalue weighted by Crippen LogP contribution is 2.36. The highest BCUT2D eigenvalue weighted by Gasteiger charge is 2.41. The molecule has 0 aromatic heterocycles. The molecule has 188 valence electrons. The Hall–Kier alpha value is -3.07. The minimum Gasteiger partial charge on any atom is -0.493 e. The summed E-state index contributed by atoms with van der Waals surface area (Å²) >= 11 is 0. The van der Waals surface area contributed by atoms with E-state index in [9.17, 15) is 22.8 Å². The Morgan fingerprint density at radius 2 is 1.63 bits per heavy atom. The number of morpholine rings is 1. The number of benzene rings is 2. The van der Waals surface area contributed by atoms with E-state index in [-0.39, 0.29) is 37.0 Å². The molecule has 2 fully saturated rings. The van der Waals surface area contributed by atoms with E-state index in [1.807, 2.05) is 30.3 Å². The fourth-order valence-corrected chi connectivity index (χ4v) is 4.68. The van der Waals surface area contributed by atoms with Crippen molar-refractivity contribution in [3.8, 4) is 5.75 Å². The number of alkyl halides is 3. The summed E-state index contributed by atoms with van der Waals surface area (Å²) in [5, 5.41) is 0. The van der Waals surface area contributed by atoms with Gasteiger partial charge in [-0.05, 0) is 49.2 Å². The quantitative estimate of drug-likeness (QED) is 0.608. The minimum atomic E-state index is -4.46. The zero-order valence-corrected chi connectivity index (χ0v) is 19.4. The van der Waals surface area contributed by atoms with Crippen LogP contribution in [0.1, 0.15) is 35.2 Å². The SMILES string of the molecule is O=C(C[C@]1(COc2ccccc2)CCCN(C(=O)c2ccc(C(F)(F)F)cc2)C1)N1CCOCC1.